The minimum atomic E-state index is 0.524. The molecule has 2 atom stereocenters. The van der Waals surface area contributed by atoms with E-state index < -0.39 is 0 Å². The van der Waals surface area contributed by atoms with E-state index in [4.69, 9.17) is 0 Å². The van der Waals surface area contributed by atoms with Crippen molar-refractivity contribution in [2.75, 3.05) is 0 Å². The molecule has 1 rings (SSSR count). The van der Waals surface area contributed by atoms with Gasteiger partial charge in [0, 0.05) is 0 Å². The summed E-state index contributed by atoms with van der Waals surface area (Å²) in [4.78, 5) is 0. The second-order valence-electron chi connectivity index (χ2n) is 4.12. The van der Waals surface area contributed by atoms with Crippen molar-refractivity contribution >= 4 is 15.3 Å². The van der Waals surface area contributed by atoms with Crippen LogP contribution in [0.4, 0.5) is 0 Å². The number of rotatable bonds is 7. The quantitative estimate of drug-likeness (QED) is 0.419. The molecule has 0 spiro atoms. The van der Waals surface area contributed by atoms with Crippen LogP contribution in [0.15, 0.2) is 0 Å². The summed E-state index contributed by atoms with van der Waals surface area (Å²) < 4.78 is 0. The molecule has 0 radical (unpaired) electrons. The Morgan fingerprint density at radius 3 is 2.67 bits per heavy atom. The van der Waals surface area contributed by atoms with Gasteiger partial charge in [0.1, 0.15) is 0 Å². The zero-order chi connectivity index (χ0) is 8.81. The van der Waals surface area contributed by atoms with E-state index in [1.807, 2.05) is 0 Å². The molecule has 1 saturated carbocycles. The summed E-state index contributed by atoms with van der Waals surface area (Å²) in [5.41, 5.74) is 0. The Balaban J connectivity index is 1.89. The first-order valence-electron chi connectivity index (χ1n) is 5.49. The summed E-state index contributed by atoms with van der Waals surface area (Å²) in [6.45, 7) is 2.29. The summed E-state index contributed by atoms with van der Waals surface area (Å²) >= 11 is 0. The fraction of sp³-hybridized carbons (Fsp3) is 0.909. The normalized spacial score (nSPS) is 27.1. The van der Waals surface area contributed by atoms with Gasteiger partial charge in [0.25, 0.3) is 0 Å². The summed E-state index contributed by atoms with van der Waals surface area (Å²) in [7, 11) is 0.524. The lowest BCUT2D eigenvalue weighted by Crippen LogP contribution is -1.85. The van der Waals surface area contributed by atoms with Crippen LogP contribution in [-0.4, -0.2) is 15.3 Å². The van der Waals surface area contributed by atoms with Crippen LogP contribution >= 0.6 is 0 Å². The highest BCUT2D eigenvalue weighted by Gasteiger charge is 2.34. The summed E-state index contributed by atoms with van der Waals surface area (Å²) in [5.74, 6) is 2.25. The smallest absolute Gasteiger partial charge is 0.0153 e. The molecule has 0 aromatic rings. The lowest BCUT2D eigenvalue weighted by atomic mass is 10.1. The van der Waals surface area contributed by atoms with Crippen LogP contribution in [0, 0.1) is 11.8 Å². The van der Waals surface area contributed by atoms with Crippen LogP contribution in [0.2, 0.25) is 6.04 Å². The van der Waals surface area contributed by atoms with Gasteiger partial charge in [-0.1, -0.05) is 32.6 Å². The first-order chi connectivity index (χ1) is 5.88. The van der Waals surface area contributed by atoms with E-state index in [0.717, 1.165) is 11.8 Å². The minimum absolute atomic E-state index is 0.524. The zero-order valence-electron chi connectivity index (χ0n) is 8.39. The van der Waals surface area contributed by atoms with Crippen molar-refractivity contribution in [1.82, 2.24) is 0 Å². The summed E-state index contributed by atoms with van der Waals surface area (Å²) in [6.07, 6.45) is 12.8. The predicted molar refractivity (Wildman–Crippen MR) is 59.4 cm³/mol. The van der Waals surface area contributed by atoms with E-state index in [9.17, 15) is 0 Å². The predicted octanol–water partition coefficient (Wildman–Crippen LogP) is 2.88. The fourth-order valence-electron chi connectivity index (χ4n) is 2.01. The zero-order valence-corrected chi connectivity index (χ0v) is 9.54. The van der Waals surface area contributed by atoms with Crippen LogP contribution in [0.3, 0.4) is 0 Å². The van der Waals surface area contributed by atoms with Gasteiger partial charge >= 0.3 is 0 Å². The molecule has 1 aliphatic rings. The van der Waals surface area contributed by atoms with Crippen molar-refractivity contribution < 1.29 is 0 Å². The average molecular weight is 182 g/mol. The lowest BCUT2D eigenvalue weighted by molar-refractivity contribution is 0.575. The number of hydrogen-bond donors (Lipinski definition) is 0. The van der Waals surface area contributed by atoms with Crippen LogP contribution < -0.4 is 0 Å². The first kappa shape index (κ1) is 10.2. The maximum atomic E-state index is 3.97. The molecule has 70 valence electrons. The molecule has 0 saturated heterocycles. The van der Waals surface area contributed by atoms with E-state index in [1.54, 1.807) is 6.42 Å². The Morgan fingerprint density at radius 1 is 1.25 bits per heavy atom. The Hall–Kier alpha value is 0.0869. The first-order valence-corrected chi connectivity index (χ1v) is 7.12. The average Bonchev–Trinajstić information content (AvgIpc) is 2.81. The molecule has 1 heteroatoms. The van der Waals surface area contributed by atoms with Crippen molar-refractivity contribution in [3.8, 4) is 0 Å². The van der Waals surface area contributed by atoms with Crippen molar-refractivity contribution in [2.24, 2.45) is 11.8 Å². The lowest BCUT2D eigenvalue weighted by Gasteiger charge is -1.97. The molecule has 0 aromatic heterocycles. The van der Waals surface area contributed by atoms with Crippen molar-refractivity contribution in [1.29, 1.82) is 0 Å². The Bertz CT molecular complexity index is 131. The van der Waals surface area contributed by atoms with Crippen LogP contribution in [0.25, 0.3) is 0 Å². The van der Waals surface area contributed by atoms with E-state index >= 15 is 0 Å². The number of unbranched alkanes of at least 4 members (excludes halogenated alkanes) is 2. The highest BCUT2D eigenvalue weighted by molar-refractivity contribution is 6.40. The Kier molecular flexibility index (Phi) is 4.82. The largest absolute Gasteiger partial charge is 0.121 e. The molecule has 0 N–H and O–H groups in total. The molecular weight excluding hydrogens is 160 g/mol. The Morgan fingerprint density at radius 2 is 2.00 bits per heavy atom. The Labute approximate surface area is 79.2 Å². The minimum Gasteiger partial charge on any atom is -0.121 e. The van der Waals surface area contributed by atoms with E-state index in [0.29, 0.717) is 9.13 Å². The van der Waals surface area contributed by atoms with Gasteiger partial charge in [-0.3, -0.25) is 0 Å². The van der Waals surface area contributed by atoms with Gasteiger partial charge in [-0.05, 0) is 39.9 Å². The van der Waals surface area contributed by atoms with E-state index in [1.165, 1.54) is 38.1 Å². The highest BCUT2D eigenvalue weighted by atomic mass is 28.2. The molecule has 1 fully saturated rings. The number of hydrogen-bond acceptors (Lipinski definition) is 0. The molecule has 1 aliphatic carbocycles. The van der Waals surface area contributed by atoms with Gasteiger partial charge in [-0.25, -0.2) is 0 Å². The second-order valence-corrected chi connectivity index (χ2v) is 5.27. The maximum absolute atomic E-state index is 3.97. The van der Waals surface area contributed by atoms with Crippen molar-refractivity contribution in [3.05, 3.63) is 0 Å². The van der Waals surface area contributed by atoms with Crippen LogP contribution in [-0.2, 0) is 0 Å². The summed E-state index contributed by atoms with van der Waals surface area (Å²) in [5, 5.41) is 0. The third kappa shape index (κ3) is 3.66. The van der Waals surface area contributed by atoms with Gasteiger partial charge in [0.05, 0.1) is 0 Å². The highest BCUT2D eigenvalue weighted by Crippen LogP contribution is 2.45. The van der Waals surface area contributed by atoms with Gasteiger partial charge in [0.15, 0.2) is 0 Å². The molecule has 0 amide bonds. The topological polar surface area (TPSA) is 0 Å². The van der Waals surface area contributed by atoms with Crippen molar-refractivity contribution in [2.45, 2.75) is 51.5 Å². The molecule has 0 aliphatic heterocycles. The molecule has 0 aromatic carbocycles. The fourth-order valence-corrected chi connectivity index (χ4v) is 2.67. The standard InChI is InChI=1S/C11H22Si/c1-3-4-5-6-10-9-11(10)7-8-12-2/h10-12H,2-9H2,1H3/t10-,11-/m1/s1. The molecule has 0 nitrogen and oxygen atoms in total. The van der Waals surface area contributed by atoms with Gasteiger partial charge in [0.2, 0.25) is 0 Å². The monoisotopic (exact) mass is 182 g/mol. The molecule has 0 bridgehead atoms. The molecule has 12 heavy (non-hydrogen) atoms. The van der Waals surface area contributed by atoms with Gasteiger partial charge in [-0.15, -0.1) is 6.17 Å². The molecular formula is C11H22Si. The van der Waals surface area contributed by atoms with E-state index in [2.05, 4.69) is 13.1 Å². The van der Waals surface area contributed by atoms with Gasteiger partial charge < -0.3 is 0 Å². The SMILES string of the molecule is C=[SiH]CC[C@@H]1C[C@H]1CCCCC. The maximum Gasteiger partial charge on any atom is -0.0153 e. The van der Waals surface area contributed by atoms with Crippen LogP contribution in [0.5, 0.6) is 0 Å². The third-order valence-electron chi connectivity index (χ3n) is 2.99. The molecule has 0 unspecified atom stereocenters. The van der Waals surface area contributed by atoms with Gasteiger partial charge in [-0.2, -0.15) is 0 Å². The van der Waals surface area contributed by atoms with Crippen molar-refractivity contribution in [3.63, 3.8) is 0 Å². The third-order valence-corrected chi connectivity index (χ3v) is 3.73. The van der Waals surface area contributed by atoms with E-state index in [-0.39, 0.29) is 0 Å². The summed E-state index contributed by atoms with van der Waals surface area (Å²) in [6, 6.07) is 1.44. The second kappa shape index (κ2) is 5.68. The molecule has 0 heterocycles. The van der Waals surface area contributed by atoms with Crippen LogP contribution in [0.1, 0.15) is 45.4 Å².